The van der Waals surface area contributed by atoms with Crippen LogP contribution in [0, 0.1) is 5.82 Å². The minimum absolute atomic E-state index is 0.0554. The van der Waals surface area contributed by atoms with E-state index in [1.807, 2.05) is 11.6 Å². The van der Waals surface area contributed by atoms with Gasteiger partial charge in [-0.3, -0.25) is 4.79 Å². The minimum atomic E-state index is -4.00. The molecule has 28 heavy (non-hydrogen) atoms. The molecule has 0 aliphatic rings. The Kier molecular flexibility index (Phi) is 7.51. The first-order chi connectivity index (χ1) is 13.3. The number of rotatable bonds is 8. The zero-order valence-electron chi connectivity index (χ0n) is 15.4. The molecule has 0 atom stereocenters. The summed E-state index contributed by atoms with van der Waals surface area (Å²) in [5.74, 6) is -0.704. The molecule has 0 saturated carbocycles. The zero-order chi connectivity index (χ0) is 20.6. The van der Waals surface area contributed by atoms with Crippen molar-refractivity contribution in [1.82, 2.24) is 10.0 Å². The Morgan fingerprint density at radius 2 is 1.64 bits per heavy atom. The highest BCUT2D eigenvalue weighted by Crippen LogP contribution is 2.14. The van der Waals surface area contributed by atoms with Gasteiger partial charge in [-0.2, -0.15) is 0 Å². The number of carbonyl (C=O) groups excluding carboxylic acids is 2. The molecule has 0 fully saturated rings. The Morgan fingerprint density at radius 3 is 2.25 bits per heavy atom. The van der Waals surface area contributed by atoms with E-state index in [1.165, 1.54) is 48.5 Å². The van der Waals surface area contributed by atoms with Gasteiger partial charge in [-0.1, -0.05) is 25.5 Å². The highest BCUT2D eigenvalue weighted by atomic mass is 32.2. The highest BCUT2D eigenvalue weighted by Gasteiger charge is 2.17. The van der Waals surface area contributed by atoms with Crippen LogP contribution in [0.1, 0.15) is 25.3 Å². The lowest BCUT2D eigenvalue weighted by Gasteiger charge is -2.09. The maximum atomic E-state index is 12.9. The van der Waals surface area contributed by atoms with Crippen molar-refractivity contribution in [2.24, 2.45) is 0 Å². The van der Waals surface area contributed by atoms with Crippen LogP contribution in [-0.2, 0) is 21.2 Å². The Labute approximate surface area is 163 Å². The van der Waals surface area contributed by atoms with Crippen molar-refractivity contribution >= 4 is 27.6 Å². The summed E-state index contributed by atoms with van der Waals surface area (Å²) in [6.07, 6.45) is 1.68. The van der Waals surface area contributed by atoms with Crippen molar-refractivity contribution < 1.29 is 22.4 Å². The smallest absolute Gasteiger partial charge is 0.328 e. The van der Waals surface area contributed by atoms with E-state index in [4.69, 9.17) is 0 Å². The van der Waals surface area contributed by atoms with Crippen molar-refractivity contribution in [3.05, 3.63) is 59.9 Å². The summed E-state index contributed by atoms with van der Waals surface area (Å²) in [6.45, 7) is 2.34. The van der Waals surface area contributed by atoms with Gasteiger partial charge < -0.3 is 10.6 Å². The van der Waals surface area contributed by atoms with E-state index in [-0.39, 0.29) is 23.0 Å². The first-order valence-electron chi connectivity index (χ1n) is 8.75. The van der Waals surface area contributed by atoms with Crippen LogP contribution in [0.3, 0.4) is 0 Å². The van der Waals surface area contributed by atoms with Crippen LogP contribution in [0.2, 0.25) is 0 Å². The van der Waals surface area contributed by atoms with E-state index in [9.17, 15) is 22.4 Å². The highest BCUT2D eigenvalue weighted by molar-refractivity contribution is 7.90. The maximum absolute atomic E-state index is 12.9. The molecule has 0 bridgehead atoms. The quantitative estimate of drug-likeness (QED) is 0.585. The predicted molar refractivity (Wildman–Crippen MR) is 104 cm³/mol. The van der Waals surface area contributed by atoms with Gasteiger partial charge >= 0.3 is 6.03 Å². The topological polar surface area (TPSA) is 104 Å². The Morgan fingerprint density at radius 1 is 1.00 bits per heavy atom. The number of carbonyl (C=O) groups is 2. The monoisotopic (exact) mass is 407 g/mol. The van der Waals surface area contributed by atoms with Crippen LogP contribution in [0.5, 0.6) is 0 Å². The Hall–Kier alpha value is -2.94. The fourth-order valence-corrected chi connectivity index (χ4v) is 3.23. The van der Waals surface area contributed by atoms with E-state index in [2.05, 4.69) is 10.6 Å². The second-order valence-corrected chi connectivity index (χ2v) is 7.77. The molecule has 0 unspecified atom stereocenters. The normalized spacial score (nSPS) is 10.9. The predicted octanol–water partition coefficient (Wildman–Crippen LogP) is 2.79. The van der Waals surface area contributed by atoms with Crippen LogP contribution in [0.15, 0.2) is 53.4 Å². The first kappa shape index (κ1) is 21.4. The van der Waals surface area contributed by atoms with Crippen molar-refractivity contribution in [3.63, 3.8) is 0 Å². The number of halogens is 1. The molecule has 0 radical (unpaired) electrons. The molecule has 2 rings (SSSR count). The van der Waals surface area contributed by atoms with Crippen LogP contribution < -0.4 is 15.4 Å². The fourth-order valence-electron chi connectivity index (χ4n) is 2.31. The zero-order valence-corrected chi connectivity index (χ0v) is 16.2. The number of unbranched alkanes of at least 4 members (excludes halogenated alkanes) is 1. The van der Waals surface area contributed by atoms with Crippen LogP contribution in [0.25, 0.3) is 0 Å². The van der Waals surface area contributed by atoms with Gasteiger partial charge in [-0.15, -0.1) is 0 Å². The molecular weight excluding hydrogens is 385 g/mol. The third-order valence-corrected chi connectivity index (χ3v) is 5.12. The minimum Gasteiger partial charge on any atom is -0.337 e. The average Bonchev–Trinajstić information content (AvgIpc) is 2.64. The molecule has 0 aliphatic carbocycles. The van der Waals surface area contributed by atoms with Crippen molar-refractivity contribution in [1.29, 1.82) is 0 Å². The number of hydrogen-bond acceptors (Lipinski definition) is 4. The summed E-state index contributed by atoms with van der Waals surface area (Å²) >= 11 is 0. The molecule has 0 saturated heterocycles. The number of hydrogen-bond donors (Lipinski definition) is 3. The van der Waals surface area contributed by atoms with Gasteiger partial charge in [0.15, 0.2) is 0 Å². The second-order valence-electron chi connectivity index (χ2n) is 6.09. The summed E-state index contributed by atoms with van der Waals surface area (Å²) in [5.41, 5.74) is 1.05. The van der Waals surface area contributed by atoms with Gasteiger partial charge in [0, 0.05) is 12.2 Å². The number of amides is 3. The lowest BCUT2D eigenvalue weighted by atomic mass is 10.1. The Balaban J connectivity index is 1.93. The summed E-state index contributed by atoms with van der Waals surface area (Å²) in [4.78, 5) is 23.6. The lowest BCUT2D eigenvalue weighted by molar-refractivity contribution is -0.115. The molecule has 2 aromatic carbocycles. The van der Waals surface area contributed by atoms with E-state index in [0.29, 0.717) is 17.8 Å². The molecular formula is C19H22FN3O4S. The standard InChI is InChI=1S/C19H22FN3O4S/c1-2-3-12-21-19(25)23-28(26,27)17-10-8-16(9-11-17)22-18(24)13-14-4-6-15(20)7-5-14/h4-11H,2-3,12-13H2,1H3,(H,22,24)(H2,21,23,25). The summed E-state index contributed by atoms with van der Waals surface area (Å²) in [7, 11) is -4.00. The first-order valence-corrected chi connectivity index (χ1v) is 10.2. The number of benzene rings is 2. The molecule has 2 aromatic rings. The van der Waals surface area contributed by atoms with Gasteiger partial charge in [0.2, 0.25) is 5.91 Å². The van der Waals surface area contributed by atoms with Crippen molar-refractivity contribution in [2.75, 3.05) is 11.9 Å². The molecule has 0 spiro atoms. The molecule has 7 nitrogen and oxygen atoms in total. The van der Waals surface area contributed by atoms with Crippen LogP contribution in [-0.4, -0.2) is 26.9 Å². The van der Waals surface area contributed by atoms with E-state index < -0.39 is 16.1 Å². The van der Waals surface area contributed by atoms with E-state index in [1.54, 1.807) is 0 Å². The van der Waals surface area contributed by atoms with Crippen LogP contribution >= 0.6 is 0 Å². The molecule has 0 aliphatic heterocycles. The molecule has 150 valence electrons. The molecule has 9 heteroatoms. The number of anilines is 1. The molecule has 3 N–H and O–H groups in total. The Bertz CT molecular complexity index is 913. The molecule has 0 aromatic heterocycles. The van der Waals surface area contributed by atoms with E-state index >= 15 is 0 Å². The summed E-state index contributed by atoms with van der Waals surface area (Å²) < 4.78 is 39.2. The van der Waals surface area contributed by atoms with Gasteiger partial charge in [-0.25, -0.2) is 22.3 Å². The van der Waals surface area contributed by atoms with Gasteiger partial charge in [0.05, 0.1) is 11.3 Å². The number of urea groups is 1. The summed E-state index contributed by atoms with van der Waals surface area (Å²) in [6, 6.07) is 10.2. The lowest BCUT2D eigenvalue weighted by Crippen LogP contribution is -2.39. The van der Waals surface area contributed by atoms with Crippen molar-refractivity contribution in [3.8, 4) is 0 Å². The van der Waals surface area contributed by atoms with Gasteiger partial charge in [0.1, 0.15) is 5.82 Å². The second kappa shape index (κ2) is 9.84. The largest absolute Gasteiger partial charge is 0.337 e. The van der Waals surface area contributed by atoms with Gasteiger partial charge in [0.25, 0.3) is 10.0 Å². The fraction of sp³-hybridized carbons (Fsp3) is 0.263. The van der Waals surface area contributed by atoms with Crippen molar-refractivity contribution in [2.45, 2.75) is 31.1 Å². The average molecular weight is 407 g/mol. The third kappa shape index (κ3) is 6.66. The number of nitrogens with one attached hydrogen (secondary N) is 3. The third-order valence-electron chi connectivity index (χ3n) is 3.77. The molecule has 3 amide bonds. The summed E-state index contributed by atoms with van der Waals surface area (Å²) in [5, 5.41) is 5.10. The van der Waals surface area contributed by atoms with Crippen LogP contribution in [0.4, 0.5) is 14.9 Å². The SMILES string of the molecule is CCCCNC(=O)NS(=O)(=O)c1ccc(NC(=O)Cc2ccc(F)cc2)cc1. The maximum Gasteiger partial charge on any atom is 0.328 e. The molecule has 0 heterocycles. The number of sulfonamides is 1. The van der Waals surface area contributed by atoms with E-state index in [0.717, 1.165) is 12.8 Å². The van der Waals surface area contributed by atoms with Gasteiger partial charge in [-0.05, 0) is 48.4 Å².